The molecule has 0 aliphatic heterocycles. The van der Waals surface area contributed by atoms with Crippen LogP contribution in [0.1, 0.15) is 280 Å². The Hall–Kier alpha value is -5.37. The first kappa shape index (κ1) is 97.8. The number of hydrogen-bond acceptors (Lipinski definition) is 12. The van der Waals surface area contributed by atoms with Gasteiger partial charge in [-0.05, 0) is 346 Å². The molecule has 670 valence electrons. The van der Waals surface area contributed by atoms with Crippen LogP contribution in [0.3, 0.4) is 0 Å². The second-order valence-electron chi connectivity index (χ2n) is 40.3. The fourth-order valence-corrected chi connectivity index (χ4v) is 27.6. The van der Waals surface area contributed by atoms with Crippen LogP contribution < -0.4 is 0 Å². The lowest BCUT2D eigenvalue weighted by atomic mass is 9.61. The van der Waals surface area contributed by atoms with E-state index in [-0.39, 0.29) is 41.2 Å². The Morgan fingerprint density at radius 3 is 1.25 bits per heavy atom. The van der Waals surface area contributed by atoms with Gasteiger partial charge in [-0.25, -0.2) is 34.2 Å². The lowest BCUT2D eigenvalue weighted by Crippen LogP contribution is -2.36. The van der Waals surface area contributed by atoms with Gasteiger partial charge in [0.05, 0.1) is 34.1 Å². The summed E-state index contributed by atoms with van der Waals surface area (Å²) in [4.78, 5) is 0.665. The van der Waals surface area contributed by atoms with Crippen molar-refractivity contribution in [3.8, 4) is 0 Å². The molecule has 0 spiro atoms. The number of hydrogen-bond donors (Lipinski definition) is 5. The maximum Gasteiger partial charge on any atom is 0.210 e. The van der Waals surface area contributed by atoms with Gasteiger partial charge in [0.1, 0.15) is 9.84 Å². The Labute approximate surface area is 731 Å². The maximum atomic E-state index is 13.8. The third-order valence-electron chi connectivity index (χ3n) is 31.5. The van der Waals surface area contributed by atoms with Crippen molar-refractivity contribution in [1.82, 2.24) is 0 Å². The van der Waals surface area contributed by atoms with E-state index in [1.807, 2.05) is 36.4 Å². The number of aliphatic hydroxyl groups is 4. The molecule has 12 aliphatic carbocycles. The third kappa shape index (κ3) is 25.3. The largest absolute Gasteiger partial charge is 0.393 e. The number of nitrogens with one attached hydrogen (secondary N) is 1. The van der Waals surface area contributed by atoms with Gasteiger partial charge in [0.25, 0.3) is 0 Å². The fraction of sp³-hybridized carbons (Fsp3) is 0.635. The van der Waals surface area contributed by atoms with Crippen LogP contribution in [-0.4, -0.2) is 105 Å². The molecule has 0 radical (unpaired) electrons. The van der Waals surface area contributed by atoms with E-state index in [0.29, 0.717) is 93.3 Å². The Bertz CT molecular complexity index is 4790. The van der Waals surface area contributed by atoms with E-state index in [4.69, 9.17) is 4.78 Å². The van der Waals surface area contributed by atoms with Gasteiger partial charge in [-0.2, -0.15) is 4.39 Å². The monoisotopic (exact) mass is 1740 g/mol. The van der Waals surface area contributed by atoms with Gasteiger partial charge in [0, 0.05) is 40.6 Å². The van der Waals surface area contributed by atoms with Crippen LogP contribution in [0.2, 0.25) is 0 Å². The van der Waals surface area contributed by atoms with Crippen LogP contribution in [0.25, 0.3) is 0 Å². The highest BCUT2D eigenvalue weighted by molar-refractivity contribution is 7.94. The highest BCUT2D eigenvalue weighted by Gasteiger charge is 2.53. The van der Waals surface area contributed by atoms with Crippen molar-refractivity contribution >= 4 is 39.2 Å². The van der Waals surface area contributed by atoms with Crippen molar-refractivity contribution in [2.24, 2.45) is 80.8 Å². The molecule has 11 unspecified atom stereocenters. The average Bonchev–Trinajstić information content (AvgIpc) is 1.64. The Morgan fingerprint density at radius 1 is 0.479 bits per heavy atom. The summed E-state index contributed by atoms with van der Waals surface area (Å²) in [5.41, 5.74) is 19.4. The summed E-state index contributed by atoms with van der Waals surface area (Å²) in [6.45, 7) is 35.4. The number of halogens is 1. The van der Waals surface area contributed by atoms with Crippen molar-refractivity contribution in [1.29, 1.82) is 4.78 Å². The molecule has 0 bridgehead atoms. The molecule has 0 heterocycles. The predicted octanol–water partition coefficient (Wildman–Crippen LogP) is 24.5. The van der Waals surface area contributed by atoms with Gasteiger partial charge in [0.2, 0.25) is 15.0 Å². The van der Waals surface area contributed by atoms with Crippen molar-refractivity contribution in [2.75, 3.05) is 30.3 Å². The standard InChI is InChI=1S/C29H41NO2S.C25H35FO3S.2C25H38O3S/c1-21-11-14-25(31)20-24(21)13-12-23-8-7-18-29(3)27(15-16-28(23)29)22(2)17-19-33(30,32)26-9-5-4-6-10-26;1-17-7-11-21(27)16-20(17)10-9-19-6-5-15-25(3)22(12-13-23(19)25)18(2)8-14-24(26)30(4,28)29;2*1-18-9-12-22(26)17-21(18)11-10-20-8-5-15-25(3)23(13-14-24(20)25)19(2)7-6-16-29(4,27)28/h4-6,9-10,12-13,22,25,27-28,30-31H,1,7-8,11,14-20H2,2-3H3;9-10,12,14,18,21,23,27H,1,5-8,11,13,15-16H2,2-4H3;10-11,13,19,22,24,26H,1,5-9,12,14-17H2,2-4H3;6,10-11,16,19,22-24,26H,1,5,7-9,12-15,17H2,2-4H3/b23-12+,24-13-;19-9+,20-10-,24-14+;20-10+,21-11-;16-6+,20-10+,21-11-/t22?,25?,27?,28-,29+,33?;18?,21?,23-,25+;19?,22?,24-,25+;19?,22?,23?,24-,25+/m0000/s1. The maximum absolute atomic E-state index is 13.8. The van der Waals surface area contributed by atoms with E-state index >= 15 is 0 Å². The predicted molar refractivity (Wildman–Crippen MR) is 501 cm³/mol. The van der Waals surface area contributed by atoms with Crippen LogP contribution in [0.5, 0.6) is 0 Å². The Morgan fingerprint density at radius 2 is 0.860 bits per heavy atom. The quantitative estimate of drug-likeness (QED) is 0.0687. The van der Waals surface area contributed by atoms with Gasteiger partial charge in [-0.15, -0.1) is 0 Å². The van der Waals surface area contributed by atoms with Crippen molar-refractivity contribution < 1.29 is 54.3 Å². The minimum atomic E-state index is -3.76. The first-order valence-electron chi connectivity index (χ1n) is 46.3. The summed E-state index contributed by atoms with van der Waals surface area (Å²) < 4.78 is 104. The summed E-state index contributed by atoms with van der Waals surface area (Å²) in [5, 5.41) is 40.4. The number of sulfone groups is 3. The molecule has 10 saturated carbocycles. The molecule has 13 rings (SSSR count). The summed E-state index contributed by atoms with van der Waals surface area (Å²) in [6, 6.07) is 9.34. The van der Waals surface area contributed by atoms with E-state index < -0.39 is 44.4 Å². The lowest BCUT2D eigenvalue weighted by molar-refractivity contribution is 0.0964. The fourth-order valence-electron chi connectivity index (χ4n) is 24.5. The molecule has 12 aliphatic rings. The van der Waals surface area contributed by atoms with Crippen molar-refractivity contribution in [3.05, 3.63) is 218 Å². The van der Waals surface area contributed by atoms with E-state index in [2.05, 4.69) is 142 Å². The minimum Gasteiger partial charge on any atom is -0.393 e. The molecule has 17 heteroatoms. The Kier molecular flexibility index (Phi) is 34.0. The number of allylic oxidation sites excluding steroid dienone is 22. The van der Waals surface area contributed by atoms with Crippen LogP contribution in [-0.2, 0) is 39.2 Å². The lowest BCUT2D eigenvalue weighted by Gasteiger charge is -2.44. The number of fused-ring (bicyclic) bond motifs is 4. The molecule has 19 atom stereocenters. The number of rotatable bonds is 22. The van der Waals surface area contributed by atoms with Gasteiger partial charge in [-0.1, -0.05) is 222 Å². The molecule has 10 fully saturated rings. The highest BCUT2D eigenvalue weighted by Crippen LogP contribution is 2.63. The molecule has 1 aromatic carbocycles. The first-order chi connectivity index (χ1) is 56.9. The number of aliphatic hydroxyl groups excluding tert-OH is 4. The summed E-state index contributed by atoms with van der Waals surface area (Å²) in [7, 11) is -12.4. The molecule has 121 heavy (non-hydrogen) atoms. The third-order valence-corrected chi connectivity index (χ3v) is 35.9. The van der Waals surface area contributed by atoms with Crippen LogP contribution in [0, 0.1) is 85.6 Å². The molecule has 0 aromatic heterocycles. The van der Waals surface area contributed by atoms with E-state index in [1.165, 1.54) is 151 Å². The topological polar surface area (TPSA) is 224 Å². The molecule has 1 aromatic rings. The van der Waals surface area contributed by atoms with Crippen molar-refractivity contribution in [3.63, 3.8) is 0 Å². The number of benzene rings is 1. The van der Waals surface area contributed by atoms with Crippen molar-refractivity contribution in [2.45, 2.75) is 309 Å². The summed E-state index contributed by atoms with van der Waals surface area (Å²) >= 11 is 0. The minimum absolute atomic E-state index is 0.0422. The van der Waals surface area contributed by atoms with Gasteiger partial charge in [-0.3, -0.25) is 0 Å². The van der Waals surface area contributed by atoms with E-state index in [1.54, 1.807) is 16.7 Å². The zero-order valence-electron chi connectivity index (χ0n) is 75.6. The van der Waals surface area contributed by atoms with Crippen LogP contribution >= 0.6 is 0 Å². The second kappa shape index (κ2) is 42.0. The zero-order valence-corrected chi connectivity index (χ0v) is 78.9. The normalized spacial score (nSPS) is 35.3. The highest BCUT2D eigenvalue weighted by atomic mass is 32.2. The molecule has 0 amide bonds. The Balaban J connectivity index is 0.000000170. The molecular weight excluding hydrogens is 1590 g/mol. The van der Waals surface area contributed by atoms with E-state index in [0.717, 1.165) is 152 Å². The van der Waals surface area contributed by atoms with E-state index in [9.17, 15) is 54.3 Å². The molecule has 0 saturated heterocycles. The molecular formula is C104H152FNO11S4. The van der Waals surface area contributed by atoms with Crippen LogP contribution in [0.4, 0.5) is 4.39 Å². The van der Waals surface area contributed by atoms with Gasteiger partial charge < -0.3 is 20.4 Å². The molecule has 5 N–H and O–H groups in total. The van der Waals surface area contributed by atoms with Gasteiger partial charge >= 0.3 is 0 Å². The van der Waals surface area contributed by atoms with Crippen LogP contribution in [0.15, 0.2) is 223 Å². The SMILES string of the molecule is C=C1CCC(O)C/C1=C/C=C1\CCC[C@]2(C)C(C(C)C/C=C(\F)S(C)(=O)=O)=CC[C@@H]12.C=C1CCC(O)C/C1=C/C=C1\CCC[C@]2(C)C(C(C)C/C=C/S(C)(=O)=O)CC[C@@H]12.C=C1CCC(O)C/C1=C/C=C1\CCC[C@]2(C)C(C(C)CCCS(C)(=O)=O)=CC[C@@H]12.C=C1CCC(O)C/C1=C/C=C1\CCC[C@]2(C)C(C(C)CCS(=N)(=O)c3ccccc3)CC[C@@H]12. The molecule has 12 nitrogen and oxygen atoms in total. The zero-order chi connectivity index (χ0) is 88.2. The summed E-state index contributed by atoms with van der Waals surface area (Å²) in [6.07, 6.45) is 63.3. The average molecular weight is 1740 g/mol. The van der Waals surface area contributed by atoms with Gasteiger partial charge in [0.15, 0.2) is 9.84 Å². The summed E-state index contributed by atoms with van der Waals surface area (Å²) in [5.74, 6) is 5.76. The first-order valence-corrected chi connectivity index (χ1v) is 53.9. The smallest absolute Gasteiger partial charge is 0.210 e. The second-order valence-corrected chi connectivity index (χ2v) is 48.7.